The molecule has 0 aromatic heterocycles. The topological polar surface area (TPSA) is 66.6 Å². The van der Waals surface area contributed by atoms with Crippen molar-refractivity contribution in [3.8, 4) is 5.75 Å². The molecule has 1 aromatic carbocycles. The number of nitrogens with zero attached hydrogens (tertiary/aromatic N) is 1. The predicted octanol–water partition coefficient (Wildman–Crippen LogP) is 2.98. The van der Waals surface area contributed by atoms with Crippen molar-refractivity contribution >= 4 is 28.8 Å². The van der Waals surface area contributed by atoms with Gasteiger partial charge in [-0.1, -0.05) is 44.0 Å². The van der Waals surface area contributed by atoms with E-state index < -0.39 is 5.41 Å². The van der Waals surface area contributed by atoms with Crippen molar-refractivity contribution in [1.82, 2.24) is 0 Å². The molecule has 0 unspecified atom stereocenters. The van der Waals surface area contributed by atoms with Gasteiger partial charge in [-0.3, -0.25) is 4.79 Å². The third-order valence-corrected chi connectivity index (χ3v) is 4.75. The second-order valence-electron chi connectivity index (χ2n) is 5.74. The van der Waals surface area contributed by atoms with Crippen LogP contribution in [0.2, 0.25) is 0 Å². The summed E-state index contributed by atoms with van der Waals surface area (Å²) in [6.45, 7) is 0. The van der Waals surface area contributed by atoms with Crippen LogP contribution in [-0.4, -0.2) is 23.0 Å². The summed E-state index contributed by atoms with van der Waals surface area (Å²) < 4.78 is 0. The Kier molecular flexibility index (Phi) is 4.83. The number of carbonyl (C=O) groups excluding carboxylic acids is 1. The minimum atomic E-state index is -0.744. The molecule has 1 aliphatic carbocycles. The minimum absolute atomic E-state index is 0.0671. The van der Waals surface area contributed by atoms with E-state index >= 15 is 0 Å². The molecule has 0 atom stereocenters. The van der Waals surface area contributed by atoms with Crippen molar-refractivity contribution in [1.29, 1.82) is 0 Å². The first-order chi connectivity index (χ1) is 9.97. The second-order valence-corrected chi connectivity index (χ2v) is 6.18. The number of amides is 1. The fourth-order valence-corrected chi connectivity index (χ4v) is 3.33. The summed E-state index contributed by atoms with van der Waals surface area (Å²) in [6, 6.07) is 6.66. The molecule has 0 aliphatic heterocycles. The predicted molar refractivity (Wildman–Crippen MR) is 88.4 cm³/mol. The third-order valence-electron chi connectivity index (χ3n) is 4.36. The molecule has 0 radical (unpaired) electrons. The Hall–Kier alpha value is -1.62. The van der Waals surface area contributed by atoms with Gasteiger partial charge in [0.25, 0.3) is 0 Å². The summed E-state index contributed by atoms with van der Waals surface area (Å²) in [5.41, 5.74) is 5.86. The van der Waals surface area contributed by atoms with Crippen molar-refractivity contribution in [3.63, 3.8) is 0 Å². The van der Waals surface area contributed by atoms with Gasteiger partial charge in [0.15, 0.2) is 0 Å². The van der Waals surface area contributed by atoms with E-state index in [1.165, 1.54) is 0 Å². The number of phenolic OH excluding ortho intramolecular Hbond substituents is 1. The zero-order valence-corrected chi connectivity index (χ0v) is 13.2. The molecule has 1 saturated carbocycles. The van der Waals surface area contributed by atoms with Crippen LogP contribution in [0.15, 0.2) is 24.3 Å². The fraction of sp³-hybridized carbons (Fsp3) is 0.500. The van der Waals surface area contributed by atoms with Gasteiger partial charge in [0.05, 0.1) is 10.4 Å². The highest BCUT2D eigenvalue weighted by atomic mass is 32.1. The number of nitrogens with two attached hydrogens (primary N) is 1. The first kappa shape index (κ1) is 15.8. The molecule has 21 heavy (non-hydrogen) atoms. The molecule has 4 nitrogen and oxygen atoms in total. The third kappa shape index (κ3) is 3.18. The average molecular weight is 306 g/mol. The first-order valence-corrected chi connectivity index (χ1v) is 7.75. The summed E-state index contributed by atoms with van der Waals surface area (Å²) >= 11 is 5.24. The minimum Gasteiger partial charge on any atom is -0.508 e. The van der Waals surface area contributed by atoms with Gasteiger partial charge in [-0.2, -0.15) is 0 Å². The molecule has 0 heterocycles. The van der Waals surface area contributed by atoms with Gasteiger partial charge in [-0.05, 0) is 25.0 Å². The number of benzene rings is 1. The molecule has 0 saturated heterocycles. The van der Waals surface area contributed by atoms with E-state index in [0.717, 1.165) is 25.7 Å². The van der Waals surface area contributed by atoms with Crippen molar-refractivity contribution in [2.24, 2.45) is 11.1 Å². The normalized spacial score (nSPS) is 17.8. The molecular formula is C16H22N2O2S. The quantitative estimate of drug-likeness (QED) is 0.665. The van der Waals surface area contributed by atoms with Gasteiger partial charge in [-0.25, -0.2) is 0 Å². The van der Waals surface area contributed by atoms with Crippen molar-refractivity contribution in [2.75, 3.05) is 11.9 Å². The lowest BCUT2D eigenvalue weighted by Gasteiger charge is -2.34. The Morgan fingerprint density at radius 2 is 1.90 bits per heavy atom. The zero-order valence-electron chi connectivity index (χ0n) is 12.3. The van der Waals surface area contributed by atoms with Crippen LogP contribution in [0.25, 0.3) is 0 Å². The molecule has 0 bridgehead atoms. The number of thiocarbonyl (C=S) groups is 1. The van der Waals surface area contributed by atoms with E-state index in [4.69, 9.17) is 18.0 Å². The second kappa shape index (κ2) is 6.43. The molecule has 3 N–H and O–H groups in total. The molecule has 0 spiro atoms. The largest absolute Gasteiger partial charge is 0.508 e. The Labute approximate surface area is 130 Å². The maximum atomic E-state index is 13.0. The molecule has 5 heteroatoms. The van der Waals surface area contributed by atoms with Crippen LogP contribution in [0.4, 0.5) is 5.69 Å². The fourth-order valence-electron chi connectivity index (χ4n) is 3.04. The van der Waals surface area contributed by atoms with Crippen LogP contribution < -0.4 is 10.6 Å². The molecule has 1 amide bonds. The van der Waals surface area contributed by atoms with Gasteiger partial charge in [0, 0.05) is 18.8 Å². The first-order valence-electron chi connectivity index (χ1n) is 7.34. The standard InChI is InChI=1S/C16H22N2O2S/c1-18(12-7-6-8-13(19)11-12)15(20)16(14(17)21)9-4-2-3-5-10-16/h6-8,11,19H,2-5,9-10H2,1H3,(H2,17,21). The van der Waals surface area contributed by atoms with E-state index in [1.807, 2.05) is 0 Å². The van der Waals surface area contributed by atoms with Crippen LogP contribution in [0.5, 0.6) is 5.75 Å². The Balaban J connectivity index is 2.31. The maximum absolute atomic E-state index is 13.0. The van der Waals surface area contributed by atoms with Crippen molar-refractivity contribution in [2.45, 2.75) is 38.5 Å². The van der Waals surface area contributed by atoms with Crippen LogP contribution in [0.1, 0.15) is 38.5 Å². The highest BCUT2D eigenvalue weighted by Crippen LogP contribution is 2.38. The summed E-state index contributed by atoms with van der Waals surface area (Å²) in [5, 5.41) is 9.58. The van der Waals surface area contributed by atoms with Gasteiger partial charge in [0.1, 0.15) is 5.75 Å². The number of anilines is 1. The summed E-state index contributed by atoms with van der Waals surface area (Å²) in [6.07, 6.45) is 5.60. The number of carbonyl (C=O) groups is 1. The highest BCUT2D eigenvalue weighted by molar-refractivity contribution is 7.80. The molecule has 2 rings (SSSR count). The lowest BCUT2D eigenvalue weighted by molar-refractivity contribution is -0.125. The van der Waals surface area contributed by atoms with Crippen molar-refractivity contribution in [3.05, 3.63) is 24.3 Å². The van der Waals surface area contributed by atoms with Crippen molar-refractivity contribution < 1.29 is 9.90 Å². The van der Waals surface area contributed by atoms with Gasteiger partial charge >= 0.3 is 0 Å². The summed E-state index contributed by atoms with van der Waals surface area (Å²) in [4.78, 5) is 14.9. The Morgan fingerprint density at radius 3 is 2.43 bits per heavy atom. The molecular weight excluding hydrogens is 284 g/mol. The molecule has 1 fully saturated rings. The number of rotatable bonds is 3. The molecule has 1 aliphatic rings. The Bertz CT molecular complexity index is 537. The lowest BCUT2D eigenvalue weighted by Crippen LogP contribution is -2.49. The monoisotopic (exact) mass is 306 g/mol. The summed E-state index contributed by atoms with van der Waals surface area (Å²) in [5.74, 6) is 0.0693. The van der Waals surface area contributed by atoms with Gasteiger partial charge in [-0.15, -0.1) is 0 Å². The number of hydrogen-bond acceptors (Lipinski definition) is 3. The van der Waals surface area contributed by atoms with Crippen LogP contribution in [0.3, 0.4) is 0 Å². The Morgan fingerprint density at radius 1 is 1.29 bits per heavy atom. The molecule has 114 valence electrons. The highest BCUT2D eigenvalue weighted by Gasteiger charge is 2.43. The summed E-state index contributed by atoms with van der Waals surface area (Å²) in [7, 11) is 1.71. The average Bonchev–Trinajstić information content (AvgIpc) is 2.72. The van der Waals surface area contributed by atoms with Crippen LogP contribution in [-0.2, 0) is 4.79 Å². The molecule has 1 aromatic rings. The SMILES string of the molecule is CN(C(=O)C1(C(N)=S)CCCCCC1)c1cccc(O)c1. The van der Waals surface area contributed by atoms with Gasteiger partial charge < -0.3 is 15.7 Å². The number of phenols is 1. The van der Waals surface area contributed by atoms with E-state index in [9.17, 15) is 9.90 Å². The van der Waals surface area contributed by atoms with E-state index in [-0.39, 0.29) is 11.7 Å². The van der Waals surface area contributed by atoms with E-state index in [2.05, 4.69) is 0 Å². The lowest BCUT2D eigenvalue weighted by atomic mass is 9.78. The van der Waals surface area contributed by atoms with Gasteiger partial charge in [0.2, 0.25) is 5.91 Å². The smallest absolute Gasteiger partial charge is 0.239 e. The maximum Gasteiger partial charge on any atom is 0.239 e. The van der Waals surface area contributed by atoms with Crippen LogP contribution in [0, 0.1) is 5.41 Å². The number of aromatic hydroxyl groups is 1. The van der Waals surface area contributed by atoms with E-state index in [0.29, 0.717) is 23.5 Å². The van der Waals surface area contributed by atoms with E-state index in [1.54, 1.807) is 36.2 Å². The zero-order chi connectivity index (χ0) is 15.5. The number of hydrogen-bond donors (Lipinski definition) is 2. The van der Waals surface area contributed by atoms with Crippen LogP contribution >= 0.6 is 12.2 Å².